The van der Waals surface area contributed by atoms with E-state index >= 15 is 0 Å². The normalized spacial score (nSPS) is 29.6. The smallest absolute Gasteiger partial charge is 0.310 e. The summed E-state index contributed by atoms with van der Waals surface area (Å²) in [5.41, 5.74) is 0.424. The van der Waals surface area contributed by atoms with Gasteiger partial charge in [0.15, 0.2) is 0 Å². The fraction of sp³-hybridized carbons (Fsp3) is 0.286. The fourth-order valence-electron chi connectivity index (χ4n) is 2.77. The molecule has 7 heteroatoms. The number of amides is 1. The van der Waals surface area contributed by atoms with E-state index in [0.29, 0.717) is 15.7 Å². The maximum atomic E-state index is 12.4. The molecule has 0 radical (unpaired) electrons. The Kier molecular flexibility index (Phi) is 3.65. The molecule has 5 nitrogen and oxygen atoms in total. The Balaban J connectivity index is 1.82. The average Bonchev–Trinajstić information content (AvgIpc) is 2.96. The van der Waals surface area contributed by atoms with Crippen LogP contribution in [0.15, 0.2) is 30.4 Å². The van der Waals surface area contributed by atoms with E-state index in [1.807, 2.05) is 0 Å². The lowest BCUT2D eigenvalue weighted by Crippen LogP contribution is -2.39. The second-order valence-corrected chi connectivity index (χ2v) is 5.86. The summed E-state index contributed by atoms with van der Waals surface area (Å²) in [5, 5.41) is 12.7. The van der Waals surface area contributed by atoms with Crippen molar-refractivity contribution in [1.82, 2.24) is 0 Å². The molecule has 0 aliphatic carbocycles. The first kappa shape index (κ1) is 14.4. The van der Waals surface area contributed by atoms with Gasteiger partial charge in [-0.2, -0.15) is 0 Å². The molecule has 2 aliphatic heterocycles. The molecule has 1 fully saturated rings. The van der Waals surface area contributed by atoms with Crippen molar-refractivity contribution < 1.29 is 19.4 Å². The van der Waals surface area contributed by atoms with Crippen LogP contribution in [-0.2, 0) is 14.3 Å². The van der Waals surface area contributed by atoms with Gasteiger partial charge in [-0.3, -0.25) is 9.59 Å². The van der Waals surface area contributed by atoms with Crippen LogP contribution in [0.4, 0.5) is 5.69 Å². The highest BCUT2D eigenvalue weighted by Crippen LogP contribution is 2.40. The van der Waals surface area contributed by atoms with E-state index in [9.17, 15) is 14.7 Å². The van der Waals surface area contributed by atoms with Crippen LogP contribution in [0.1, 0.15) is 0 Å². The van der Waals surface area contributed by atoms with Gasteiger partial charge in [-0.25, -0.2) is 0 Å². The summed E-state index contributed by atoms with van der Waals surface area (Å²) < 4.78 is 5.46. The molecule has 2 heterocycles. The SMILES string of the molecule is O=C(O)[C@@H]1[C@H](C(=O)Nc2cc(Cl)cc(Cl)c2)[C@@H]2C=C[C@H]1O2. The maximum Gasteiger partial charge on any atom is 0.310 e. The van der Waals surface area contributed by atoms with Gasteiger partial charge in [-0.05, 0) is 18.2 Å². The number of hydrogen-bond acceptors (Lipinski definition) is 3. The Bertz CT molecular complexity index is 626. The molecule has 0 saturated carbocycles. The lowest BCUT2D eigenvalue weighted by Gasteiger charge is -2.21. The minimum Gasteiger partial charge on any atom is -0.481 e. The average molecular weight is 328 g/mol. The molecule has 1 aromatic carbocycles. The maximum absolute atomic E-state index is 12.4. The van der Waals surface area contributed by atoms with E-state index < -0.39 is 35.9 Å². The van der Waals surface area contributed by atoms with Crippen molar-refractivity contribution in [2.24, 2.45) is 11.8 Å². The van der Waals surface area contributed by atoms with Crippen LogP contribution < -0.4 is 5.32 Å². The number of carbonyl (C=O) groups is 2. The van der Waals surface area contributed by atoms with Crippen molar-refractivity contribution >= 4 is 40.8 Å². The van der Waals surface area contributed by atoms with Gasteiger partial charge in [-0.15, -0.1) is 0 Å². The van der Waals surface area contributed by atoms with Crippen LogP contribution in [0.3, 0.4) is 0 Å². The number of fused-ring (bicyclic) bond motifs is 2. The zero-order chi connectivity index (χ0) is 15.1. The predicted octanol–water partition coefficient (Wildman–Crippen LogP) is 2.59. The number of rotatable bonds is 3. The number of ether oxygens (including phenoxy) is 1. The molecule has 1 saturated heterocycles. The highest BCUT2D eigenvalue weighted by molar-refractivity contribution is 6.35. The second-order valence-electron chi connectivity index (χ2n) is 4.99. The number of aliphatic carboxylic acids is 1. The van der Waals surface area contributed by atoms with Crippen molar-refractivity contribution in [1.29, 1.82) is 0 Å². The lowest BCUT2D eigenvalue weighted by molar-refractivity contribution is -0.145. The second kappa shape index (κ2) is 5.33. The van der Waals surface area contributed by atoms with E-state index in [0.717, 1.165) is 0 Å². The third-order valence-electron chi connectivity index (χ3n) is 3.62. The van der Waals surface area contributed by atoms with Crippen LogP contribution >= 0.6 is 23.2 Å². The summed E-state index contributed by atoms with van der Waals surface area (Å²) in [5.74, 6) is -3.11. The molecule has 1 aromatic rings. The summed E-state index contributed by atoms with van der Waals surface area (Å²) in [4.78, 5) is 23.7. The van der Waals surface area contributed by atoms with Crippen molar-refractivity contribution in [2.75, 3.05) is 5.32 Å². The van der Waals surface area contributed by atoms with Gasteiger partial charge in [0.1, 0.15) is 5.92 Å². The largest absolute Gasteiger partial charge is 0.481 e. The van der Waals surface area contributed by atoms with Crippen LogP contribution in [0.25, 0.3) is 0 Å². The molecule has 1 amide bonds. The highest BCUT2D eigenvalue weighted by atomic mass is 35.5. The van der Waals surface area contributed by atoms with Crippen LogP contribution in [0, 0.1) is 11.8 Å². The first-order valence-electron chi connectivity index (χ1n) is 6.29. The van der Waals surface area contributed by atoms with E-state index in [1.54, 1.807) is 30.4 Å². The van der Waals surface area contributed by atoms with Gasteiger partial charge in [0.25, 0.3) is 0 Å². The first-order chi connectivity index (χ1) is 9.95. The number of hydrogen-bond donors (Lipinski definition) is 2. The van der Waals surface area contributed by atoms with E-state index in [1.165, 1.54) is 0 Å². The molecule has 4 atom stereocenters. The predicted molar refractivity (Wildman–Crippen MR) is 77.5 cm³/mol. The van der Waals surface area contributed by atoms with Gasteiger partial charge in [0, 0.05) is 15.7 Å². The van der Waals surface area contributed by atoms with Crippen molar-refractivity contribution in [3.63, 3.8) is 0 Å². The molecule has 0 spiro atoms. The summed E-state index contributed by atoms with van der Waals surface area (Å²) in [6, 6.07) is 4.64. The molecular formula is C14H11Cl2NO4. The third kappa shape index (κ3) is 2.64. The molecule has 110 valence electrons. The van der Waals surface area contributed by atoms with Crippen LogP contribution in [0.2, 0.25) is 10.0 Å². The van der Waals surface area contributed by atoms with Gasteiger partial charge < -0.3 is 15.2 Å². The Morgan fingerprint density at radius 1 is 1.05 bits per heavy atom. The minimum absolute atomic E-state index is 0.386. The molecule has 2 aliphatic rings. The minimum atomic E-state index is -1.05. The van der Waals surface area contributed by atoms with E-state index in [4.69, 9.17) is 27.9 Å². The monoisotopic (exact) mass is 327 g/mol. The Hall–Kier alpha value is -1.56. The number of carboxylic acids is 1. The molecule has 2 bridgehead atoms. The third-order valence-corrected chi connectivity index (χ3v) is 4.05. The number of nitrogens with one attached hydrogen (secondary N) is 1. The lowest BCUT2D eigenvalue weighted by atomic mass is 9.82. The van der Waals surface area contributed by atoms with Gasteiger partial charge >= 0.3 is 5.97 Å². The molecule has 21 heavy (non-hydrogen) atoms. The number of halogens is 2. The number of carboxylic acid groups (broad SMARTS) is 1. The molecule has 2 N–H and O–H groups in total. The summed E-state index contributed by atoms with van der Waals surface area (Å²) in [7, 11) is 0. The summed E-state index contributed by atoms with van der Waals surface area (Å²) in [6.07, 6.45) is 2.35. The number of benzene rings is 1. The van der Waals surface area contributed by atoms with Gasteiger partial charge in [0.05, 0.1) is 18.1 Å². The topological polar surface area (TPSA) is 75.6 Å². The van der Waals surface area contributed by atoms with Crippen molar-refractivity contribution in [3.05, 3.63) is 40.4 Å². The zero-order valence-corrected chi connectivity index (χ0v) is 12.1. The molecule has 0 aromatic heterocycles. The van der Waals surface area contributed by atoms with Gasteiger partial charge in [0.2, 0.25) is 5.91 Å². The Morgan fingerprint density at radius 3 is 2.19 bits per heavy atom. The molecule has 0 unspecified atom stereocenters. The molecular weight excluding hydrogens is 317 g/mol. The van der Waals surface area contributed by atoms with Crippen LogP contribution in [-0.4, -0.2) is 29.2 Å². The van der Waals surface area contributed by atoms with Gasteiger partial charge in [-0.1, -0.05) is 35.4 Å². The van der Waals surface area contributed by atoms with E-state index in [-0.39, 0.29) is 0 Å². The Labute approximate surface area is 130 Å². The zero-order valence-electron chi connectivity index (χ0n) is 10.6. The summed E-state index contributed by atoms with van der Waals surface area (Å²) in [6.45, 7) is 0. The fourth-order valence-corrected chi connectivity index (χ4v) is 3.29. The van der Waals surface area contributed by atoms with Crippen LogP contribution in [0.5, 0.6) is 0 Å². The van der Waals surface area contributed by atoms with Crippen molar-refractivity contribution in [2.45, 2.75) is 12.2 Å². The standard InChI is InChI=1S/C14H11Cl2NO4/c15-6-3-7(16)5-8(4-6)17-13(18)11-9-1-2-10(21-9)12(11)14(19)20/h1-5,9-12H,(H,17,18)(H,19,20)/t9-,10+,11+,12-/m0/s1. The highest BCUT2D eigenvalue weighted by Gasteiger charge is 2.53. The van der Waals surface area contributed by atoms with Crippen molar-refractivity contribution in [3.8, 4) is 0 Å². The molecule has 3 rings (SSSR count). The van der Waals surface area contributed by atoms with E-state index in [2.05, 4.69) is 5.32 Å². The Morgan fingerprint density at radius 2 is 1.62 bits per heavy atom. The number of anilines is 1. The first-order valence-corrected chi connectivity index (χ1v) is 7.05. The summed E-state index contributed by atoms with van der Waals surface area (Å²) >= 11 is 11.7. The number of carbonyl (C=O) groups excluding carboxylic acids is 1. The quantitative estimate of drug-likeness (QED) is 0.836.